The number of amides is 3. The van der Waals surface area contributed by atoms with Crippen LogP contribution in [0.25, 0.3) is 11.6 Å². The summed E-state index contributed by atoms with van der Waals surface area (Å²) >= 11 is 0. The highest BCUT2D eigenvalue weighted by molar-refractivity contribution is 6.35. The number of anilines is 1. The molecule has 7 heteroatoms. The zero-order valence-corrected chi connectivity index (χ0v) is 20.6. The Balaban J connectivity index is 1.64. The molecule has 0 bridgehead atoms. The second-order valence-corrected chi connectivity index (χ2v) is 9.17. The lowest BCUT2D eigenvalue weighted by Crippen LogP contribution is -2.30. The van der Waals surface area contributed by atoms with Crippen LogP contribution in [0.3, 0.4) is 0 Å². The molecule has 1 aliphatic heterocycles. The van der Waals surface area contributed by atoms with Crippen LogP contribution in [0.2, 0.25) is 0 Å². The summed E-state index contributed by atoms with van der Waals surface area (Å²) in [6.07, 6.45) is 1.74. The second kappa shape index (κ2) is 9.62. The summed E-state index contributed by atoms with van der Waals surface area (Å²) in [6.45, 7) is 9.44. The molecule has 2 aromatic carbocycles. The van der Waals surface area contributed by atoms with Crippen LogP contribution < -0.4 is 16.0 Å². The van der Waals surface area contributed by atoms with E-state index in [4.69, 9.17) is 0 Å². The van der Waals surface area contributed by atoms with Crippen LogP contribution in [0.5, 0.6) is 0 Å². The van der Waals surface area contributed by atoms with Crippen molar-refractivity contribution >= 4 is 35.1 Å². The molecule has 1 aromatic heterocycles. The Bertz CT molecular complexity index is 1340. The molecule has 0 radical (unpaired) electrons. The number of fused-ring (bicyclic) bond motifs is 1. The SMILES string of the molecule is Cc1[nH]c(/C=C2\C(=O)Nc3ccc(C(=O)NC(C)c4ccccc4)cc32)c(C)c1C(=O)NC(C)C. The monoisotopic (exact) mass is 470 g/mol. The standard InChI is InChI=1S/C28H30N4O3/c1-15(2)29-28(35)25-16(3)24(30-18(25)5)14-22-21-13-20(11-12-23(21)32-27(22)34)26(33)31-17(4)19-9-7-6-8-10-19/h6-15,17,30H,1-5H3,(H,29,35)(H,31,33)(H,32,34)/b22-14-. The number of rotatable bonds is 6. The molecular formula is C28H30N4O3. The van der Waals surface area contributed by atoms with Crippen molar-refractivity contribution in [2.45, 2.75) is 46.7 Å². The van der Waals surface area contributed by atoms with Gasteiger partial charge in [-0.05, 0) is 70.0 Å². The summed E-state index contributed by atoms with van der Waals surface area (Å²) in [5, 5.41) is 8.79. The summed E-state index contributed by atoms with van der Waals surface area (Å²) in [5.41, 5.74) is 5.95. The molecule has 4 N–H and O–H groups in total. The van der Waals surface area contributed by atoms with E-state index in [1.165, 1.54) is 0 Å². The van der Waals surface area contributed by atoms with Gasteiger partial charge in [-0.2, -0.15) is 0 Å². The molecule has 0 saturated carbocycles. The van der Waals surface area contributed by atoms with Crippen LogP contribution in [-0.4, -0.2) is 28.7 Å². The minimum absolute atomic E-state index is 0.0136. The molecule has 7 nitrogen and oxygen atoms in total. The molecular weight excluding hydrogens is 440 g/mol. The number of hydrogen-bond donors (Lipinski definition) is 4. The van der Waals surface area contributed by atoms with E-state index in [2.05, 4.69) is 20.9 Å². The van der Waals surface area contributed by atoms with E-state index < -0.39 is 0 Å². The van der Waals surface area contributed by atoms with E-state index in [0.29, 0.717) is 33.6 Å². The van der Waals surface area contributed by atoms with E-state index in [1.54, 1.807) is 24.3 Å². The Morgan fingerprint density at radius 2 is 1.66 bits per heavy atom. The maximum Gasteiger partial charge on any atom is 0.256 e. The zero-order valence-electron chi connectivity index (χ0n) is 20.6. The zero-order chi connectivity index (χ0) is 25.3. The molecule has 0 spiro atoms. The number of benzene rings is 2. The minimum atomic E-state index is -0.255. The smallest absolute Gasteiger partial charge is 0.256 e. The van der Waals surface area contributed by atoms with Gasteiger partial charge >= 0.3 is 0 Å². The maximum absolute atomic E-state index is 13.0. The van der Waals surface area contributed by atoms with E-state index in [9.17, 15) is 14.4 Å². The van der Waals surface area contributed by atoms with Crippen LogP contribution in [-0.2, 0) is 4.79 Å². The van der Waals surface area contributed by atoms with E-state index in [0.717, 1.165) is 16.8 Å². The number of nitrogens with one attached hydrogen (secondary N) is 4. The quantitative estimate of drug-likeness (QED) is 0.391. The molecule has 4 rings (SSSR count). The number of carbonyl (C=O) groups excluding carboxylic acids is 3. The van der Waals surface area contributed by atoms with Crippen molar-refractivity contribution in [2.75, 3.05) is 5.32 Å². The average Bonchev–Trinajstić information content (AvgIpc) is 3.28. The first-order valence-corrected chi connectivity index (χ1v) is 11.7. The number of aromatic nitrogens is 1. The predicted octanol–water partition coefficient (Wildman–Crippen LogP) is 4.75. The summed E-state index contributed by atoms with van der Waals surface area (Å²) in [5.74, 6) is -0.629. The predicted molar refractivity (Wildman–Crippen MR) is 138 cm³/mol. The molecule has 0 saturated heterocycles. The fraction of sp³-hybridized carbons (Fsp3) is 0.250. The van der Waals surface area contributed by atoms with Crippen molar-refractivity contribution in [2.24, 2.45) is 0 Å². The minimum Gasteiger partial charge on any atom is -0.358 e. The van der Waals surface area contributed by atoms with E-state index in [-0.39, 0.29) is 29.8 Å². The van der Waals surface area contributed by atoms with Crippen LogP contribution in [0.1, 0.15) is 75.6 Å². The molecule has 1 atom stereocenters. The Labute approximate surface area is 205 Å². The topological polar surface area (TPSA) is 103 Å². The van der Waals surface area contributed by atoms with Gasteiger partial charge in [0.1, 0.15) is 0 Å². The van der Waals surface area contributed by atoms with Crippen LogP contribution >= 0.6 is 0 Å². The van der Waals surface area contributed by atoms with Crippen molar-refractivity contribution < 1.29 is 14.4 Å². The van der Waals surface area contributed by atoms with Crippen molar-refractivity contribution in [1.29, 1.82) is 0 Å². The lowest BCUT2D eigenvalue weighted by molar-refractivity contribution is -0.110. The van der Waals surface area contributed by atoms with Gasteiger partial charge in [0.25, 0.3) is 17.7 Å². The fourth-order valence-electron chi connectivity index (χ4n) is 4.32. The third-order valence-corrected chi connectivity index (χ3v) is 6.12. The highest BCUT2D eigenvalue weighted by Crippen LogP contribution is 2.35. The van der Waals surface area contributed by atoms with Gasteiger partial charge in [-0.25, -0.2) is 0 Å². The molecule has 3 amide bonds. The molecule has 0 fully saturated rings. The van der Waals surface area contributed by atoms with Gasteiger partial charge in [0, 0.05) is 34.2 Å². The van der Waals surface area contributed by atoms with Gasteiger partial charge in [-0.15, -0.1) is 0 Å². The van der Waals surface area contributed by atoms with Gasteiger partial charge in [0.05, 0.1) is 17.2 Å². The summed E-state index contributed by atoms with van der Waals surface area (Å²) in [4.78, 5) is 41.6. The molecule has 35 heavy (non-hydrogen) atoms. The summed E-state index contributed by atoms with van der Waals surface area (Å²) in [7, 11) is 0. The number of H-pyrrole nitrogens is 1. The van der Waals surface area contributed by atoms with Gasteiger partial charge in [-0.1, -0.05) is 30.3 Å². The lowest BCUT2D eigenvalue weighted by atomic mass is 10.0. The Hall–Kier alpha value is -4.13. The normalized spacial score (nSPS) is 14.6. The van der Waals surface area contributed by atoms with Gasteiger partial charge < -0.3 is 20.9 Å². The first-order valence-electron chi connectivity index (χ1n) is 11.7. The molecule has 3 aromatic rings. The Kier molecular flexibility index (Phi) is 6.60. The number of aromatic amines is 1. The van der Waals surface area contributed by atoms with E-state index in [1.807, 2.05) is 65.0 Å². The third-order valence-electron chi connectivity index (χ3n) is 6.12. The van der Waals surface area contributed by atoms with Crippen LogP contribution in [0.15, 0.2) is 48.5 Å². The fourth-order valence-corrected chi connectivity index (χ4v) is 4.32. The first kappa shape index (κ1) is 24.0. The summed E-state index contributed by atoms with van der Waals surface area (Å²) < 4.78 is 0. The second-order valence-electron chi connectivity index (χ2n) is 9.17. The number of carbonyl (C=O) groups is 3. The molecule has 180 valence electrons. The summed E-state index contributed by atoms with van der Waals surface area (Å²) in [6, 6.07) is 14.8. The van der Waals surface area contributed by atoms with E-state index >= 15 is 0 Å². The van der Waals surface area contributed by atoms with Crippen molar-refractivity contribution in [3.8, 4) is 0 Å². The Morgan fingerprint density at radius 3 is 2.34 bits per heavy atom. The number of aryl methyl sites for hydroxylation is 1. The highest BCUT2D eigenvalue weighted by Gasteiger charge is 2.27. The average molecular weight is 471 g/mol. The largest absolute Gasteiger partial charge is 0.358 e. The first-order chi connectivity index (χ1) is 16.7. The third kappa shape index (κ3) is 4.89. The van der Waals surface area contributed by atoms with Gasteiger partial charge in [-0.3, -0.25) is 14.4 Å². The molecule has 0 aliphatic carbocycles. The Morgan fingerprint density at radius 1 is 0.943 bits per heavy atom. The van der Waals surface area contributed by atoms with Gasteiger partial charge in [0.2, 0.25) is 0 Å². The lowest BCUT2D eigenvalue weighted by Gasteiger charge is -2.14. The van der Waals surface area contributed by atoms with Crippen LogP contribution in [0.4, 0.5) is 5.69 Å². The molecule has 2 heterocycles. The van der Waals surface area contributed by atoms with Gasteiger partial charge in [0.15, 0.2) is 0 Å². The molecule has 1 aliphatic rings. The van der Waals surface area contributed by atoms with Crippen molar-refractivity contribution in [3.05, 3.63) is 87.7 Å². The maximum atomic E-state index is 13.0. The van der Waals surface area contributed by atoms with Crippen molar-refractivity contribution in [3.63, 3.8) is 0 Å². The molecule has 1 unspecified atom stereocenters. The van der Waals surface area contributed by atoms with Crippen LogP contribution in [0, 0.1) is 13.8 Å². The van der Waals surface area contributed by atoms with Crippen molar-refractivity contribution in [1.82, 2.24) is 15.6 Å². The highest BCUT2D eigenvalue weighted by atomic mass is 16.2. The number of hydrogen-bond acceptors (Lipinski definition) is 3.